The summed E-state index contributed by atoms with van der Waals surface area (Å²) in [4.78, 5) is 5.24. The van der Waals surface area contributed by atoms with Gasteiger partial charge in [-0.05, 0) is 24.0 Å². The van der Waals surface area contributed by atoms with Gasteiger partial charge in [0.15, 0.2) is 0 Å². The third kappa shape index (κ3) is 2.50. The maximum Gasteiger partial charge on any atom is 0.0594 e. The molecule has 1 aromatic carbocycles. The molecule has 0 spiro atoms. The van der Waals surface area contributed by atoms with E-state index in [2.05, 4.69) is 34.1 Å². The molecule has 0 aromatic heterocycles. The average Bonchev–Trinajstić information content (AvgIpc) is 3.14. The standard InChI is InChI=1S/C17H25N3O/c18-17-15-4-2-1-3-13(15)11-16(17)20-6-5-14(12-20)19-7-9-21-10-8-19/h1-4,14,16-17H,5-12,18H2. The van der Waals surface area contributed by atoms with Crippen molar-refractivity contribution < 1.29 is 4.74 Å². The number of morpholine rings is 1. The number of likely N-dealkylation sites (tertiary alicyclic amines) is 1. The van der Waals surface area contributed by atoms with Crippen LogP contribution in [0, 0.1) is 0 Å². The van der Waals surface area contributed by atoms with E-state index in [1.54, 1.807) is 0 Å². The summed E-state index contributed by atoms with van der Waals surface area (Å²) in [7, 11) is 0. The van der Waals surface area contributed by atoms with Gasteiger partial charge in [-0.1, -0.05) is 24.3 Å². The van der Waals surface area contributed by atoms with Crippen LogP contribution in [0.1, 0.15) is 23.6 Å². The van der Waals surface area contributed by atoms with Gasteiger partial charge in [0.25, 0.3) is 0 Å². The Labute approximate surface area is 126 Å². The minimum atomic E-state index is 0.185. The summed E-state index contributed by atoms with van der Waals surface area (Å²) >= 11 is 0. The van der Waals surface area contributed by atoms with Crippen molar-refractivity contribution in [3.05, 3.63) is 35.4 Å². The zero-order valence-corrected chi connectivity index (χ0v) is 12.6. The molecule has 114 valence electrons. The van der Waals surface area contributed by atoms with E-state index >= 15 is 0 Å². The Kier molecular flexibility index (Phi) is 3.71. The first-order chi connectivity index (χ1) is 10.3. The van der Waals surface area contributed by atoms with Crippen molar-refractivity contribution in [3.63, 3.8) is 0 Å². The molecular weight excluding hydrogens is 262 g/mol. The van der Waals surface area contributed by atoms with Gasteiger partial charge >= 0.3 is 0 Å². The lowest BCUT2D eigenvalue weighted by molar-refractivity contribution is 0.0174. The van der Waals surface area contributed by atoms with E-state index in [-0.39, 0.29) is 6.04 Å². The Morgan fingerprint density at radius 1 is 1.05 bits per heavy atom. The van der Waals surface area contributed by atoms with Crippen molar-refractivity contribution in [2.75, 3.05) is 39.4 Å². The first-order valence-corrected chi connectivity index (χ1v) is 8.22. The second-order valence-corrected chi connectivity index (χ2v) is 6.58. The summed E-state index contributed by atoms with van der Waals surface area (Å²) in [6.07, 6.45) is 2.40. The second kappa shape index (κ2) is 5.69. The zero-order valence-electron chi connectivity index (χ0n) is 12.6. The molecule has 4 nitrogen and oxygen atoms in total. The third-order valence-electron chi connectivity index (χ3n) is 5.48. The summed E-state index contributed by atoms with van der Waals surface area (Å²) in [5, 5.41) is 0. The van der Waals surface area contributed by atoms with Crippen molar-refractivity contribution in [1.29, 1.82) is 0 Å². The Balaban J connectivity index is 1.42. The first-order valence-electron chi connectivity index (χ1n) is 8.22. The predicted octanol–water partition coefficient (Wildman–Crippen LogP) is 1.02. The molecule has 21 heavy (non-hydrogen) atoms. The van der Waals surface area contributed by atoms with Crippen LogP contribution in [0.25, 0.3) is 0 Å². The highest BCUT2D eigenvalue weighted by Gasteiger charge is 2.38. The number of hydrogen-bond acceptors (Lipinski definition) is 4. The van der Waals surface area contributed by atoms with Gasteiger partial charge in [-0.15, -0.1) is 0 Å². The highest BCUT2D eigenvalue weighted by molar-refractivity contribution is 5.37. The number of benzene rings is 1. The van der Waals surface area contributed by atoms with Gasteiger partial charge in [-0.3, -0.25) is 9.80 Å². The van der Waals surface area contributed by atoms with Crippen molar-refractivity contribution >= 4 is 0 Å². The zero-order chi connectivity index (χ0) is 14.2. The summed E-state index contributed by atoms with van der Waals surface area (Å²) in [6, 6.07) is 10.1. The van der Waals surface area contributed by atoms with E-state index in [9.17, 15) is 0 Å². The smallest absolute Gasteiger partial charge is 0.0594 e. The molecule has 2 heterocycles. The second-order valence-electron chi connectivity index (χ2n) is 6.58. The molecule has 0 saturated carbocycles. The number of rotatable bonds is 2. The Morgan fingerprint density at radius 3 is 2.67 bits per heavy atom. The van der Waals surface area contributed by atoms with Crippen LogP contribution >= 0.6 is 0 Å². The van der Waals surface area contributed by atoms with E-state index in [1.807, 2.05) is 0 Å². The molecule has 0 amide bonds. The van der Waals surface area contributed by atoms with Crippen LogP contribution in [-0.4, -0.2) is 61.3 Å². The number of nitrogens with two attached hydrogens (primary N) is 1. The van der Waals surface area contributed by atoms with Gasteiger partial charge in [0.05, 0.1) is 13.2 Å². The highest BCUT2D eigenvalue weighted by Crippen LogP contribution is 2.34. The fourth-order valence-corrected chi connectivity index (χ4v) is 4.27. The van der Waals surface area contributed by atoms with Crippen LogP contribution in [-0.2, 0) is 11.2 Å². The molecule has 1 aromatic rings. The molecule has 2 N–H and O–H groups in total. The quantitative estimate of drug-likeness (QED) is 0.882. The van der Waals surface area contributed by atoms with Crippen LogP contribution in [0.15, 0.2) is 24.3 Å². The third-order valence-corrected chi connectivity index (χ3v) is 5.48. The van der Waals surface area contributed by atoms with Crippen molar-refractivity contribution in [2.45, 2.75) is 31.0 Å². The molecule has 2 fully saturated rings. The largest absolute Gasteiger partial charge is 0.379 e. The molecule has 1 aliphatic carbocycles. The van der Waals surface area contributed by atoms with E-state index in [0.29, 0.717) is 12.1 Å². The lowest BCUT2D eigenvalue weighted by Gasteiger charge is -2.33. The minimum Gasteiger partial charge on any atom is -0.379 e. The van der Waals surface area contributed by atoms with Crippen LogP contribution < -0.4 is 5.73 Å². The molecule has 2 aliphatic heterocycles. The van der Waals surface area contributed by atoms with E-state index < -0.39 is 0 Å². The molecular formula is C17H25N3O. The van der Waals surface area contributed by atoms with Gasteiger partial charge < -0.3 is 10.5 Å². The van der Waals surface area contributed by atoms with E-state index in [4.69, 9.17) is 10.5 Å². The Bertz CT molecular complexity index is 501. The summed E-state index contributed by atoms with van der Waals surface area (Å²) < 4.78 is 5.47. The number of fused-ring (bicyclic) bond motifs is 1. The van der Waals surface area contributed by atoms with Crippen LogP contribution in [0.3, 0.4) is 0 Å². The van der Waals surface area contributed by atoms with Crippen molar-refractivity contribution in [3.8, 4) is 0 Å². The lowest BCUT2D eigenvalue weighted by Crippen LogP contribution is -2.46. The SMILES string of the molecule is NC1c2ccccc2CC1N1CCC(N2CCOCC2)C1. The molecule has 4 heteroatoms. The van der Waals surface area contributed by atoms with Crippen molar-refractivity contribution in [1.82, 2.24) is 9.80 Å². The van der Waals surface area contributed by atoms with Crippen LogP contribution in [0.5, 0.6) is 0 Å². The van der Waals surface area contributed by atoms with E-state index in [1.165, 1.54) is 30.6 Å². The lowest BCUT2D eigenvalue weighted by atomic mass is 10.1. The van der Waals surface area contributed by atoms with Gasteiger partial charge in [0.2, 0.25) is 0 Å². The van der Waals surface area contributed by atoms with Gasteiger partial charge in [-0.25, -0.2) is 0 Å². The van der Waals surface area contributed by atoms with Crippen molar-refractivity contribution in [2.24, 2.45) is 5.73 Å². The summed E-state index contributed by atoms with van der Waals surface area (Å²) in [5.74, 6) is 0. The van der Waals surface area contributed by atoms with Crippen LogP contribution in [0.4, 0.5) is 0 Å². The number of nitrogens with zero attached hydrogens (tertiary/aromatic N) is 2. The topological polar surface area (TPSA) is 41.7 Å². The predicted molar refractivity (Wildman–Crippen MR) is 83.2 cm³/mol. The monoisotopic (exact) mass is 287 g/mol. The molecule has 3 unspecified atom stereocenters. The summed E-state index contributed by atoms with van der Waals surface area (Å²) in [5.41, 5.74) is 9.33. The average molecular weight is 287 g/mol. The fourth-order valence-electron chi connectivity index (χ4n) is 4.27. The maximum absolute atomic E-state index is 6.52. The first kappa shape index (κ1) is 13.7. The molecule has 2 saturated heterocycles. The fraction of sp³-hybridized carbons (Fsp3) is 0.647. The number of ether oxygens (including phenoxy) is 1. The molecule has 3 atom stereocenters. The Morgan fingerprint density at radius 2 is 1.86 bits per heavy atom. The van der Waals surface area contributed by atoms with Gasteiger partial charge in [-0.2, -0.15) is 0 Å². The molecule has 0 bridgehead atoms. The highest BCUT2D eigenvalue weighted by atomic mass is 16.5. The maximum atomic E-state index is 6.52. The number of hydrogen-bond donors (Lipinski definition) is 1. The van der Waals surface area contributed by atoms with Crippen LogP contribution in [0.2, 0.25) is 0 Å². The molecule has 4 rings (SSSR count). The minimum absolute atomic E-state index is 0.185. The Hall–Kier alpha value is -0.940. The molecule has 3 aliphatic rings. The summed E-state index contributed by atoms with van der Waals surface area (Å²) in [6.45, 7) is 6.33. The van der Waals surface area contributed by atoms with Gasteiger partial charge in [0.1, 0.15) is 0 Å². The molecule has 0 radical (unpaired) electrons. The van der Waals surface area contributed by atoms with E-state index in [0.717, 1.165) is 32.7 Å². The van der Waals surface area contributed by atoms with Gasteiger partial charge in [0, 0.05) is 44.3 Å². The normalized spacial score (nSPS) is 34.2.